The molecular weight excluding hydrogens is 396 g/mol. The molecule has 0 saturated carbocycles. The number of nitrogen functional groups attached to an aromatic ring is 1. The molecule has 3 rings (SSSR count). The maximum absolute atomic E-state index is 13.7. The van der Waals surface area contributed by atoms with Crippen LogP contribution in [-0.4, -0.2) is 26.0 Å². The summed E-state index contributed by atoms with van der Waals surface area (Å²) in [6.07, 6.45) is 0. The summed E-state index contributed by atoms with van der Waals surface area (Å²) in [4.78, 5) is 12.3. The highest BCUT2D eigenvalue weighted by Crippen LogP contribution is 2.27. The van der Waals surface area contributed by atoms with Gasteiger partial charge in [0.2, 0.25) is 11.1 Å². The number of hydrogen-bond donors (Lipinski definition) is 2. The third-order valence-corrected chi connectivity index (χ3v) is 4.88. The third-order valence-electron chi connectivity index (χ3n) is 3.59. The number of carbonyl (C=O) groups excluding carboxylic acids is 1. The van der Waals surface area contributed by atoms with E-state index in [1.165, 1.54) is 4.68 Å². The van der Waals surface area contributed by atoms with Crippen LogP contribution < -0.4 is 11.2 Å². The average Bonchev–Trinajstić information content (AvgIpc) is 2.98. The molecule has 27 heavy (non-hydrogen) atoms. The van der Waals surface area contributed by atoms with Crippen molar-refractivity contribution in [2.24, 2.45) is 0 Å². The molecule has 0 unspecified atom stereocenters. The van der Waals surface area contributed by atoms with Gasteiger partial charge in [0.15, 0.2) is 5.82 Å². The Morgan fingerprint density at radius 2 is 2.04 bits per heavy atom. The lowest BCUT2D eigenvalue weighted by molar-refractivity contribution is -0.115. The van der Waals surface area contributed by atoms with Gasteiger partial charge in [-0.15, -0.1) is 10.2 Å². The fourth-order valence-electron chi connectivity index (χ4n) is 2.22. The van der Waals surface area contributed by atoms with Crippen molar-refractivity contribution in [2.75, 3.05) is 11.2 Å². The number of benzene rings is 2. The maximum Gasteiger partial charge on any atom is 0.237 e. The van der Waals surface area contributed by atoms with Crippen molar-refractivity contribution in [1.29, 1.82) is 0 Å². The van der Waals surface area contributed by atoms with Crippen molar-refractivity contribution < 1.29 is 13.6 Å². The summed E-state index contributed by atoms with van der Waals surface area (Å²) < 4.78 is 28.1. The summed E-state index contributed by atoms with van der Waals surface area (Å²) in [7, 11) is 0. The molecule has 10 heteroatoms. The first-order chi connectivity index (χ1) is 12.8. The minimum Gasteiger partial charge on any atom is -0.335 e. The van der Waals surface area contributed by atoms with Crippen LogP contribution >= 0.6 is 23.4 Å². The van der Waals surface area contributed by atoms with Crippen LogP contribution in [0.5, 0.6) is 0 Å². The topological polar surface area (TPSA) is 85.8 Å². The number of hydrogen-bond acceptors (Lipinski definition) is 5. The SMILES string of the molecule is C[C@@H](Sc1nnc(-c2cccc(Cl)c2)n1N)C(=O)Nc1cc(F)ccc1F. The molecule has 1 heterocycles. The van der Waals surface area contributed by atoms with Crippen molar-refractivity contribution in [3.8, 4) is 11.4 Å². The van der Waals surface area contributed by atoms with Crippen LogP contribution in [0.4, 0.5) is 14.5 Å². The van der Waals surface area contributed by atoms with Gasteiger partial charge in [-0.1, -0.05) is 35.5 Å². The van der Waals surface area contributed by atoms with Gasteiger partial charge < -0.3 is 11.2 Å². The first-order valence-corrected chi connectivity index (χ1v) is 9.00. The van der Waals surface area contributed by atoms with E-state index in [0.717, 1.165) is 30.0 Å². The smallest absolute Gasteiger partial charge is 0.237 e. The fourth-order valence-corrected chi connectivity index (χ4v) is 3.18. The summed E-state index contributed by atoms with van der Waals surface area (Å²) in [6, 6.07) is 9.75. The second-order valence-electron chi connectivity index (χ2n) is 5.56. The van der Waals surface area contributed by atoms with E-state index in [0.29, 0.717) is 16.4 Å². The lowest BCUT2D eigenvalue weighted by atomic mass is 10.2. The molecule has 2 aromatic carbocycles. The van der Waals surface area contributed by atoms with E-state index in [4.69, 9.17) is 17.4 Å². The Hall–Kier alpha value is -2.65. The number of nitrogens with one attached hydrogen (secondary N) is 1. The lowest BCUT2D eigenvalue weighted by Gasteiger charge is -2.12. The van der Waals surface area contributed by atoms with E-state index >= 15 is 0 Å². The molecule has 140 valence electrons. The van der Waals surface area contributed by atoms with E-state index in [1.807, 2.05) is 0 Å². The van der Waals surface area contributed by atoms with Crippen molar-refractivity contribution in [2.45, 2.75) is 17.3 Å². The second kappa shape index (κ2) is 7.93. The first kappa shape index (κ1) is 19.1. The van der Waals surface area contributed by atoms with Crippen LogP contribution in [0.2, 0.25) is 5.02 Å². The second-order valence-corrected chi connectivity index (χ2v) is 7.30. The predicted octanol–water partition coefficient (Wildman–Crippen LogP) is 3.71. The number of rotatable bonds is 5. The van der Waals surface area contributed by atoms with Crippen molar-refractivity contribution in [3.05, 3.63) is 59.1 Å². The number of thioether (sulfide) groups is 1. The quantitative estimate of drug-likeness (QED) is 0.495. The Labute approximate surface area is 162 Å². The van der Waals surface area contributed by atoms with Crippen molar-refractivity contribution >= 4 is 35.0 Å². The number of carbonyl (C=O) groups is 1. The highest BCUT2D eigenvalue weighted by molar-refractivity contribution is 8.00. The summed E-state index contributed by atoms with van der Waals surface area (Å²) in [5.41, 5.74) is 0.435. The summed E-state index contributed by atoms with van der Waals surface area (Å²) >= 11 is 7.00. The Bertz CT molecular complexity index is 997. The summed E-state index contributed by atoms with van der Waals surface area (Å²) in [5.74, 6) is 4.48. The van der Waals surface area contributed by atoms with Gasteiger partial charge in [0.1, 0.15) is 11.6 Å². The van der Waals surface area contributed by atoms with Gasteiger partial charge >= 0.3 is 0 Å². The number of nitrogens with zero attached hydrogens (tertiary/aromatic N) is 3. The average molecular weight is 410 g/mol. The molecule has 3 aromatic rings. The van der Waals surface area contributed by atoms with Crippen LogP contribution in [0.25, 0.3) is 11.4 Å². The molecule has 0 radical (unpaired) electrons. The largest absolute Gasteiger partial charge is 0.335 e. The zero-order valence-corrected chi connectivity index (χ0v) is 15.6. The minimum absolute atomic E-state index is 0.235. The van der Waals surface area contributed by atoms with E-state index < -0.39 is 22.8 Å². The van der Waals surface area contributed by atoms with Gasteiger partial charge in [-0.05, 0) is 31.2 Å². The van der Waals surface area contributed by atoms with Crippen LogP contribution in [-0.2, 0) is 4.79 Å². The molecule has 1 amide bonds. The van der Waals surface area contributed by atoms with Crippen LogP contribution in [0.15, 0.2) is 47.6 Å². The Morgan fingerprint density at radius 1 is 1.26 bits per heavy atom. The predicted molar refractivity (Wildman–Crippen MR) is 101 cm³/mol. The van der Waals surface area contributed by atoms with Crippen molar-refractivity contribution in [3.63, 3.8) is 0 Å². The molecule has 1 aromatic heterocycles. The lowest BCUT2D eigenvalue weighted by Crippen LogP contribution is -2.24. The van der Waals surface area contributed by atoms with Crippen molar-refractivity contribution in [1.82, 2.24) is 14.9 Å². The Kier molecular flexibility index (Phi) is 5.62. The monoisotopic (exact) mass is 409 g/mol. The zero-order chi connectivity index (χ0) is 19.6. The Morgan fingerprint density at radius 3 is 2.78 bits per heavy atom. The number of nitrogens with two attached hydrogens (primary N) is 1. The molecule has 0 saturated heterocycles. The van der Waals surface area contributed by atoms with E-state index in [-0.39, 0.29) is 10.8 Å². The number of amides is 1. The molecule has 0 aliphatic heterocycles. The highest BCUT2D eigenvalue weighted by atomic mass is 35.5. The van der Waals surface area contributed by atoms with Gasteiger partial charge in [0.05, 0.1) is 10.9 Å². The molecular formula is C17H14ClF2N5OS. The third kappa shape index (κ3) is 4.37. The number of anilines is 1. The molecule has 0 spiro atoms. The van der Waals surface area contributed by atoms with Gasteiger partial charge in [-0.3, -0.25) is 4.79 Å². The van der Waals surface area contributed by atoms with E-state index in [9.17, 15) is 13.6 Å². The zero-order valence-electron chi connectivity index (χ0n) is 14.0. The molecule has 0 aliphatic carbocycles. The van der Waals surface area contributed by atoms with Gasteiger partial charge in [0, 0.05) is 16.7 Å². The summed E-state index contributed by atoms with van der Waals surface area (Å²) in [6.45, 7) is 1.59. The van der Waals surface area contributed by atoms with Gasteiger partial charge in [-0.25, -0.2) is 13.5 Å². The Balaban J connectivity index is 1.73. The van der Waals surface area contributed by atoms with E-state index in [1.54, 1.807) is 31.2 Å². The van der Waals surface area contributed by atoms with Crippen LogP contribution in [0, 0.1) is 11.6 Å². The molecule has 0 fully saturated rings. The van der Waals surface area contributed by atoms with Gasteiger partial charge in [-0.2, -0.15) is 0 Å². The molecule has 3 N–H and O–H groups in total. The molecule has 0 aliphatic rings. The fraction of sp³-hybridized carbons (Fsp3) is 0.118. The first-order valence-electron chi connectivity index (χ1n) is 7.74. The molecule has 0 bridgehead atoms. The highest BCUT2D eigenvalue weighted by Gasteiger charge is 2.21. The maximum atomic E-state index is 13.7. The summed E-state index contributed by atoms with van der Waals surface area (Å²) in [5, 5.41) is 10.5. The van der Waals surface area contributed by atoms with Gasteiger partial charge in [0.25, 0.3) is 0 Å². The minimum atomic E-state index is -0.729. The standard InChI is InChI=1S/C17H14ClF2N5OS/c1-9(16(26)22-14-8-12(19)5-6-13(14)20)27-17-24-23-15(25(17)21)10-3-2-4-11(18)7-10/h2-9H,21H2,1H3,(H,22,26)/t9-/m1/s1. The number of halogens is 3. The van der Waals surface area contributed by atoms with Crippen LogP contribution in [0.1, 0.15) is 6.92 Å². The molecule has 1 atom stereocenters. The molecule has 6 nitrogen and oxygen atoms in total. The number of aromatic nitrogens is 3. The van der Waals surface area contributed by atoms with Crippen LogP contribution in [0.3, 0.4) is 0 Å². The normalized spacial score (nSPS) is 12.0. The van der Waals surface area contributed by atoms with E-state index in [2.05, 4.69) is 15.5 Å².